The van der Waals surface area contributed by atoms with Crippen LogP contribution in [0.3, 0.4) is 0 Å². The molecule has 0 aliphatic carbocycles. The van der Waals surface area contributed by atoms with Crippen LogP contribution >= 0.6 is 22.7 Å². The van der Waals surface area contributed by atoms with Gasteiger partial charge in [-0.05, 0) is 11.6 Å². The van der Waals surface area contributed by atoms with Crippen LogP contribution in [0.1, 0.15) is 15.2 Å². The number of thiazole rings is 1. The number of nitrogens with zero attached hydrogens (tertiary/aromatic N) is 3. The van der Waals surface area contributed by atoms with Gasteiger partial charge in [-0.3, -0.25) is 4.79 Å². The predicted octanol–water partition coefficient (Wildman–Crippen LogP) is 3.70. The Kier molecular flexibility index (Phi) is 4.13. The summed E-state index contributed by atoms with van der Waals surface area (Å²) in [7, 11) is 5.78. The molecule has 0 unspecified atom stereocenters. The van der Waals surface area contributed by atoms with E-state index in [1.807, 2.05) is 62.4 Å². The Morgan fingerprint density at radius 2 is 1.86 bits per heavy atom. The van der Waals surface area contributed by atoms with Crippen molar-refractivity contribution in [1.29, 1.82) is 0 Å². The summed E-state index contributed by atoms with van der Waals surface area (Å²) in [6.45, 7) is 0.613. The number of fused-ring (bicyclic) bond motifs is 1. The molecular formula is C16H17N3OS2. The highest BCUT2D eigenvalue weighted by Crippen LogP contribution is 2.34. The maximum absolute atomic E-state index is 12.5. The lowest BCUT2D eigenvalue weighted by molar-refractivity contribution is 0.0790. The Balaban J connectivity index is 1.78. The van der Waals surface area contributed by atoms with Gasteiger partial charge in [-0.15, -0.1) is 11.3 Å². The molecule has 0 radical (unpaired) electrons. The summed E-state index contributed by atoms with van der Waals surface area (Å²) in [5.41, 5.74) is 1.13. The van der Waals surface area contributed by atoms with Gasteiger partial charge in [0.25, 0.3) is 5.91 Å². The maximum Gasteiger partial charge on any atom is 0.264 e. The first kappa shape index (κ1) is 15.0. The van der Waals surface area contributed by atoms with Crippen LogP contribution < -0.4 is 4.90 Å². The average molecular weight is 331 g/mol. The summed E-state index contributed by atoms with van der Waals surface area (Å²) >= 11 is 3.08. The molecule has 114 valence electrons. The van der Waals surface area contributed by atoms with Gasteiger partial charge < -0.3 is 9.80 Å². The van der Waals surface area contributed by atoms with Crippen LogP contribution in [0, 0.1) is 0 Å². The highest BCUT2D eigenvalue weighted by atomic mass is 32.1. The van der Waals surface area contributed by atoms with Crippen LogP contribution in [0.25, 0.3) is 9.53 Å². The largest absolute Gasteiger partial charge is 0.354 e. The number of rotatable bonds is 4. The highest BCUT2D eigenvalue weighted by molar-refractivity contribution is 7.29. The lowest BCUT2D eigenvalue weighted by Gasteiger charge is -2.16. The molecule has 0 N–H and O–H groups in total. The average Bonchev–Trinajstić information content (AvgIpc) is 3.06. The van der Waals surface area contributed by atoms with Crippen molar-refractivity contribution >= 4 is 43.2 Å². The van der Waals surface area contributed by atoms with Gasteiger partial charge >= 0.3 is 0 Å². The summed E-state index contributed by atoms with van der Waals surface area (Å²) in [6.07, 6.45) is 0. The normalized spacial score (nSPS) is 10.9. The minimum absolute atomic E-state index is 0.0467. The monoisotopic (exact) mass is 331 g/mol. The molecule has 0 saturated carbocycles. The molecule has 0 saturated heterocycles. The number of thiophene rings is 1. The maximum atomic E-state index is 12.5. The third kappa shape index (κ3) is 2.98. The topological polar surface area (TPSA) is 36.4 Å². The number of anilines is 1. The number of amides is 1. The molecule has 3 rings (SSSR count). The summed E-state index contributed by atoms with van der Waals surface area (Å²) in [6, 6.07) is 12.0. The van der Waals surface area contributed by atoms with E-state index >= 15 is 0 Å². The van der Waals surface area contributed by atoms with Gasteiger partial charge in [0.2, 0.25) is 0 Å². The first-order valence-electron chi connectivity index (χ1n) is 6.91. The first-order chi connectivity index (χ1) is 10.5. The molecule has 6 heteroatoms. The lowest BCUT2D eigenvalue weighted by Crippen LogP contribution is -2.25. The fraction of sp³-hybridized carbons (Fsp3) is 0.250. The van der Waals surface area contributed by atoms with Gasteiger partial charge in [-0.1, -0.05) is 41.7 Å². The van der Waals surface area contributed by atoms with Crippen LogP contribution in [0.15, 0.2) is 36.4 Å². The van der Waals surface area contributed by atoms with E-state index in [1.165, 1.54) is 11.3 Å². The van der Waals surface area contributed by atoms with Crippen molar-refractivity contribution in [2.45, 2.75) is 6.54 Å². The zero-order valence-corrected chi connectivity index (χ0v) is 14.4. The Morgan fingerprint density at radius 1 is 1.14 bits per heavy atom. The van der Waals surface area contributed by atoms with Crippen LogP contribution in [0.2, 0.25) is 0 Å². The Labute approximate surface area is 137 Å². The van der Waals surface area contributed by atoms with Crippen molar-refractivity contribution in [3.05, 3.63) is 46.8 Å². The highest BCUT2D eigenvalue weighted by Gasteiger charge is 2.17. The first-order valence-corrected chi connectivity index (χ1v) is 8.55. The molecule has 1 amide bonds. The Morgan fingerprint density at radius 3 is 2.50 bits per heavy atom. The smallest absolute Gasteiger partial charge is 0.264 e. The SMILES string of the molecule is CN(Cc1ccccc1)C(=O)c1cc2sc(N(C)C)nc2s1. The summed E-state index contributed by atoms with van der Waals surface area (Å²) < 4.78 is 1.07. The summed E-state index contributed by atoms with van der Waals surface area (Å²) in [4.78, 5) is 22.5. The van der Waals surface area contributed by atoms with Crippen LogP contribution in [0.4, 0.5) is 5.13 Å². The Bertz CT molecular complexity index is 761. The number of hydrogen-bond donors (Lipinski definition) is 0. The van der Waals surface area contributed by atoms with E-state index in [1.54, 1.807) is 16.2 Å². The number of carbonyl (C=O) groups is 1. The number of carbonyl (C=O) groups excluding carboxylic acids is 1. The molecule has 0 aliphatic heterocycles. The third-order valence-electron chi connectivity index (χ3n) is 3.28. The molecule has 2 aromatic heterocycles. The Hall–Kier alpha value is -1.92. The van der Waals surface area contributed by atoms with Crippen LogP contribution in [-0.2, 0) is 6.54 Å². The zero-order valence-electron chi connectivity index (χ0n) is 12.7. The van der Waals surface area contributed by atoms with E-state index in [9.17, 15) is 4.79 Å². The molecule has 0 spiro atoms. The minimum atomic E-state index is 0.0467. The van der Waals surface area contributed by atoms with E-state index in [-0.39, 0.29) is 5.91 Å². The minimum Gasteiger partial charge on any atom is -0.354 e. The second-order valence-electron chi connectivity index (χ2n) is 5.32. The van der Waals surface area contributed by atoms with Gasteiger partial charge in [-0.25, -0.2) is 4.98 Å². The molecule has 0 aliphatic rings. The van der Waals surface area contributed by atoms with Gasteiger partial charge in [0.1, 0.15) is 4.83 Å². The molecule has 0 fully saturated rings. The zero-order chi connectivity index (χ0) is 15.7. The van der Waals surface area contributed by atoms with E-state index in [4.69, 9.17) is 0 Å². The van der Waals surface area contributed by atoms with Crippen molar-refractivity contribution in [1.82, 2.24) is 9.88 Å². The predicted molar refractivity (Wildman–Crippen MR) is 94.1 cm³/mol. The molecule has 4 nitrogen and oxygen atoms in total. The van der Waals surface area contributed by atoms with Gasteiger partial charge in [0.05, 0.1) is 9.58 Å². The van der Waals surface area contributed by atoms with Crippen molar-refractivity contribution < 1.29 is 4.79 Å². The van der Waals surface area contributed by atoms with Crippen LogP contribution in [-0.4, -0.2) is 36.9 Å². The third-order valence-corrected chi connectivity index (χ3v) is 5.60. The standard InChI is InChI=1S/C16H17N3OS2/c1-18(2)16-17-14-12(22-16)9-13(21-14)15(20)19(3)10-11-7-5-4-6-8-11/h4-9H,10H2,1-3H3. The molecule has 3 aromatic rings. The fourth-order valence-corrected chi connectivity index (χ4v) is 4.27. The van der Waals surface area contributed by atoms with Crippen molar-refractivity contribution in [2.75, 3.05) is 26.0 Å². The van der Waals surface area contributed by atoms with Crippen molar-refractivity contribution in [3.8, 4) is 0 Å². The van der Waals surface area contributed by atoms with E-state index in [0.29, 0.717) is 6.54 Å². The quantitative estimate of drug-likeness (QED) is 0.731. The van der Waals surface area contributed by atoms with Gasteiger partial charge in [0.15, 0.2) is 5.13 Å². The van der Waals surface area contributed by atoms with Crippen molar-refractivity contribution in [3.63, 3.8) is 0 Å². The summed E-state index contributed by atoms with van der Waals surface area (Å²) in [5, 5.41) is 0.970. The number of aromatic nitrogens is 1. The lowest BCUT2D eigenvalue weighted by atomic mass is 10.2. The van der Waals surface area contributed by atoms with E-state index < -0.39 is 0 Å². The fourth-order valence-electron chi connectivity index (χ4n) is 2.14. The second kappa shape index (κ2) is 6.06. The van der Waals surface area contributed by atoms with Gasteiger partial charge in [0, 0.05) is 27.7 Å². The molecular weight excluding hydrogens is 314 g/mol. The van der Waals surface area contributed by atoms with Gasteiger partial charge in [-0.2, -0.15) is 0 Å². The molecule has 22 heavy (non-hydrogen) atoms. The molecule has 1 aromatic carbocycles. The number of hydrogen-bond acceptors (Lipinski definition) is 5. The van der Waals surface area contributed by atoms with Crippen molar-refractivity contribution in [2.24, 2.45) is 0 Å². The molecule has 2 heterocycles. The second-order valence-corrected chi connectivity index (χ2v) is 7.36. The molecule has 0 atom stereocenters. The summed E-state index contributed by atoms with van der Waals surface area (Å²) in [5.74, 6) is 0.0467. The number of benzene rings is 1. The van der Waals surface area contributed by atoms with E-state index in [2.05, 4.69) is 4.98 Å². The van der Waals surface area contributed by atoms with E-state index in [0.717, 1.165) is 25.1 Å². The van der Waals surface area contributed by atoms with Crippen LogP contribution in [0.5, 0.6) is 0 Å². The molecule has 0 bridgehead atoms.